The van der Waals surface area contributed by atoms with E-state index in [2.05, 4.69) is 0 Å². The van der Waals surface area contributed by atoms with E-state index in [9.17, 15) is 4.39 Å². The van der Waals surface area contributed by atoms with E-state index in [0.717, 1.165) is 11.3 Å². The average Bonchev–Trinajstić information content (AvgIpc) is 2.42. The normalized spacial score (nSPS) is 12.2. The Kier molecular flexibility index (Phi) is 4.53. The minimum Gasteiger partial charge on any atom is -0.494 e. The van der Waals surface area contributed by atoms with Crippen LogP contribution in [-0.2, 0) is 6.42 Å². The van der Waals surface area contributed by atoms with Crippen molar-refractivity contribution in [2.45, 2.75) is 19.4 Å². The lowest BCUT2D eigenvalue weighted by Crippen LogP contribution is -2.14. The maximum atomic E-state index is 13.6. The molecule has 0 aliphatic heterocycles. The minimum absolute atomic E-state index is 0.205. The van der Waals surface area contributed by atoms with Crippen molar-refractivity contribution in [2.24, 2.45) is 5.73 Å². The molecular formula is C16H18FNO. The van der Waals surface area contributed by atoms with Crippen LogP contribution < -0.4 is 10.5 Å². The third-order valence-electron chi connectivity index (χ3n) is 3.02. The molecule has 2 nitrogen and oxygen atoms in total. The van der Waals surface area contributed by atoms with Crippen molar-refractivity contribution < 1.29 is 9.13 Å². The van der Waals surface area contributed by atoms with Gasteiger partial charge in [0, 0.05) is 6.04 Å². The van der Waals surface area contributed by atoms with Gasteiger partial charge in [0.2, 0.25) is 0 Å². The molecule has 2 aromatic carbocycles. The van der Waals surface area contributed by atoms with Crippen molar-refractivity contribution in [3.8, 4) is 5.75 Å². The molecule has 0 fully saturated rings. The molecule has 0 aliphatic carbocycles. The summed E-state index contributed by atoms with van der Waals surface area (Å²) < 4.78 is 18.9. The second kappa shape index (κ2) is 6.34. The molecule has 2 rings (SSSR count). The molecule has 0 aliphatic rings. The Bertz CT molecular complexity index is 525. The lowest BCUT2D eigenvalue weighted by Gasteiger charge is -2.13. The molecule has 100 valence electrons. The molecule has 0 amide bonds. The van der Waals surface area contributed by atoms with Gasteiger partial charge in [0.1, 0.15) is 11.6 Å². The first kappa shape index (κ1) is 13.6. The Balaban J connectivity index is 2.07. The predicted molar refractivity (Wildman–Crippen MR) is 74.6 cm³/mol. The molecule has 0 spiro atoms. The van der Waals surface area contributed by atoms with Gasteiger partial charge in [-0.3, -0.25) is 0 Å². The number of hydrogen-bond donors (Lipinski definition) is 1. The molecule has 0 radical (unpaired) electrons. The van der Waals surface area contributed by atoms with Crippen molar-refractivity contribution in [1.82, 2.24) is 0 Å². The predicted octanol–water partition coefficient (Wildman–Crippen LogP) is 3.47. The van der Waals surface area contributed by atoms with E-state index < -0.39 is 0 Å². The van der Waals surface area contributed by atoms with Gasteiger partial charge in [0.05, 0.1) is 6.61 Å². The first-order valence-electron chi connectivity index (χ1n) is 6.42. The molecule has 1 atom stereocenters. The topological polar surface area (TPSA) is 35.2 Å². The summed E-state index contributed by atoms with van der Waals surface area (Å²) in [5, 5.41) is 0. The van der Waals surface area contributed by atoms with Crippen molar-refractivity contribution in [3.05, 3.63) is 65.5 Å². The van der Waals surface area contributed by atoms with Crippen molar-refractivity contribution in [2.75, 3.05) is 6.61 Å². The highest BCUT2D eigenvalue weighted by Gasteiger charge is 2.10. The Morgan fingerprint density at radius 1 is 1.11 bits per heavy atom. The second-order valence-corrected chi connectivity index (χ2v) is 4.40. The molecule has 0 saturated carbocycles. The van der Waals surface area contributed by atoms with Gasteiger partial charge in [-0.05, 0) is 42.7 Å². The maximum Gasteiger partial charge on any atom is 0.126 e. The zero-order valence-corrected chi connectivity index (χ0v) is 11.0. The lowest BCUT2D eigenvalue weighted by atomic mass is 9.99. The third-order valence-corrected chi connectivity index (χ3v) is 3.02. The molecule has 0 bridgehead atoms. The fraction of sp³-hybridized carbons (Fsp3) is 0.250. The molecular weight excluding hydrogens is 241 g/mol. The SMILES string of the molecule is CCOc1ccc(C(N)Cc2ccccc2F)cc1. The van der Waals surface area contributed by atoms with Crippen LogP contribution in [0.1, 0.15) is 24.1 Å². The van der Waals surface area contributed by atoms with E-state index in [1.807, 2.05) is 37.3 Å². The standard InChI is InChI=1S/C16H18FNO/c1-2-19-14-9-7-12(8-10-14)16(18)11-13-5-3-4-6-15(13)17/h3-10,16H,2,11,18H2,1H3. The van der Waals surface area contributed by atoms with Crippen LogP contribution in [0.3, 0.4) is 0 Å². The van der Waals surface area contributed by atoms with Gasteiger partial charge < -0.3 is 10.5 Å². The van der Waals surface area contributed by atoms with Gasteiger partial charge >= 0.3 is 0 Å². The minimum atomic E-state index is -0.215. The van der Waals surface area contributed by atoms with Crippen LogP contribution in [0.25, 0.3) is 0 Å². The van der Waals surface area contributed by atoms with Crippen molar-refractivity contribution >= 4 is 0 Å². The molecule has 2 N–H and O–H groups in total. The summed E-state index contributed by atoms with van der Waals surface area (Å²) in [5.74, 6) is 0.619. The molecule has 19 heavy (non-hydrogen) atoms. The summed E-state index contributed by atoms with van der Waals surface area (Å²) in [6, 6.07) is 14.1. The second-order valence-electron chi connectivity index (χ2n) is 4.40. The highest BCUT2D eigenvalue weighted by atomic mass is 19.1. The first-order valence-corrected chi connectivity index (χ1v) is 6.42. The highest BCUT2D eigenvalue weighted by Crippen LogP contribution is 2.20. The van der Waals surface area contributed by atoms with Crippen molar-refractivity contribution in [3.63, 3.8) is 0 Å². The quantitative estimate of drug-likeness (QED) is 0.892. The monoisotopic (exact) mass is 259 g/mol. The first-order chi connectivity index (χ1) is 9.20. The molecule has 2 aromatic rings. The van der Waals surface area contributed by atoms with Gasteiger partial charge in [-0.1, -0.05) is 30.3 Å². The number of ether oxygens (including phenoxy) is 1. The van der Waals surface area contributed by atoms with Crippen LogP contribution >= 0.6 is 0 Å². The van der Waals surface area contributed by atoms with Gasteiger partial charge in [-0.25, -0.2) is 4.39 Å². The summed E-state index contributed by atoms with van der Waals surface area (Å²) in [5.41, 5.74) is 7.73. The third kappa shape index (κ3) is 3.55. The largest absolute Gasteiger partial charge is 0.494 e. The fourth-order valence-electron chi connectivity index (χ4n) is 2.00. The zero-order chi connectivity index (χ0) is 13.7. The van der Waals surface area contributed by atoms with Crippen LogP contribution in [0.2, 0.25) is 0 Å². The van der Waals surface area contributed by atoms with Crippen LogP contribution in [0, 0.1) is 5.82 Å². The highest BCUT2D eigenvalue weighted by molar-refractivity contribution is 5.30. The molecule has 0 aromatic heterocycles. The number of benzene rings is 2. The van der Waals surface area contributed by atoms with E-state index in [4.69, 9.17) is 10.5 Å². The summed E-state index contributed by atoms with van der Waals surface area (Å²) in [4.78, 5) is 0. The molecule has 1 unspecified atom stereocenters. The van der Waals surface area contributed by atoms with E-state index >= 15 is 0 Å². The van der Waals surface area contributed by atoms with Crippen LogP contribution in [0.4, 0.5) is 4.39 Å². The Hall–Kier alpha value is -1.87. The van der Waals surface area contributed by atoms with Gasteiger partial charge in [-0.15, -0.1) is 0 Å². The van der Waals surface area contributed by atoms with E-state index in [1.54, 1.807) is 12.1 Å². The Labute approximate surface area is 113 Å². The van der Waals surface area contributed by atoms with E-state index in [1.165, 1.54) is 6.07 Å². The van der Waals surface area contributed by atoms with Crippen LogP contribution in [0.5, 0.6) is 5.75 Å². The molecule has 0 heterocycles. The van der Waals surface area contributed by atoms with Crippen LogP contribution in [-0.4, -0.2) is 6.61 Å². The van der Waals surface area contributed by atoms with Gasteiger partial charge in [-0.2, -0.15) is 0 Å². The van der Waals surface area contributed by atoms with Crippen molar-refractivity contribution in [1.29, 1.82) is 0 Å². The number of nitrogens with two attached hydrogens (primary N) is 1. The maximum absolute atomic E-state index is 13.6. The molecule has 0 saturated heterocycles. The summed E-state index contributed by atoms with van der Waals surface area (Å²) in [6.45, 7) is 2.58. The summed E-state index contributed by atoms with van der Waals surface area (Å²) >= 11 is 0. The lowest BCUT2D eigenvalue weighted by molar-refractivity contribution is 0.340. The van der Waals surface area contributed by atoms with E-state index in [-0.39, 0.29) is 11.9 Å². The fourth-order valence-corrected chi connectivity index (χ4v) is 2.00. The smallest absolute Gasteiger partial charge is 0.126 e. The summed E-state index contributed by atoms with van der Waals surface area (Å²) in [7, 11) is 0. The molecule has 3 heteroatoms. The van der Waals surface area contributed by atoms with E-state index in [0.29, 0.717) is 18.6 Å². The Morgan fingerprint density at radius 2 is 1.79 bits per heavy atom. The Morgan fingerprint density at radius 3 is 2.42 bits per heavy atom. The number of hydrogen-bond acceptors (Lipinski definition) is 2. The van der Waals surface area contributed by atoms with Gasteiger partial charge in [0.25, 0.3) is 0 Å². The summed E-state index contributed by atoms with van der Waals surface area (Å²) in [6.07, 6.45) is 0.487. The zero-order valence-electron chi connectivity index (χ0n) is 11.0. The number of halogens is 1. The number of rotatable bonds is 5. The van der Waals surface area contributed by atoms with Crippen LogP contribution in [0.15, 0.2) is 48.5 Å². The van der Waals surface area contributed by atoms with Gasteiger partial charge in [0.15, 0.2) is 0 Å². The average molecular weight is 259 g/mol.